The highest BCUT2D eigenvalue weighted by molar-refractivity contribution is 9.10. The van der Waals surface area contributed by atoms with Crippen molar-refractivity contribution >= 4 is 15.9 Å². The molecular formula is C14H21BrO4. The van der Waals surface area contributed by atoms with Gasteiger partial charge in [0, 0.05) is 23.6 Å². The Morgan fingerprint density at radius 2 is 1.79 bits per heavy atom. The predicted octanol–water partition coefficient (Wildman–Crippen LogP) is 1.72. The van der Waals surface area contributed by atoms with Gasteiger partial charge in [0.05, 0.1) is 26.4 Å². The minimum atomic E-state index is -0.687. The van der Waals surface area contributed by atoms with Crippen LogP contribution in [0.4, 0.5) is 0 Å². The van der Waals surface area contributed by atoms with Crippen molar-refractivity contribution in [1.29, 1.82) is 0 Å². The minimum absolute atomic E-state index is 0.125. The molecule has 0 aromatic heterocycles. The number of ether oxygens (including phenoxy) is 2. The van der Waals surface area contributed by atoms with Crippen LogP contribution < -0.4 is 0 Å². The summed E-state index contributed by atoms with van der Waals surface area (Å²) >= 11 is 3.46. The van der Waals surface area contributed by atoms with Crippen molar-refractivity contribution in [3.63, 3.8) is 0 Å². The second kappa shape index (κ2) is 8.66. The Morgan fingerprint density at radius 1 is 1.11 bits per heavy atom. The van der Waals surface area contributed by atoms with Gasteiger partial charge in [0.25, 0.3) is 0 Å². The van der Waals surface area contributed by atoms with Crippen molar-refractivity contribution in [3.05, 3.63) is 34.3 Å². The van der Waals surface area contributed by atoms with Crippen molar-refractivity contribution in [2.75, 3.05) is 40.1 Å². The third kappa shape index (κ3) is 4.54. The summed E-state index contributed by atoms with van der Waals surface area (Å²) in [5, 5.41) is 19.4. The fraction of sp³-hybridized carbons (Fsp3) is 0.571. The first kappa shape index (κ1) is 16.6. The van der Waals surface area contributed by atoms with Gasteiger partial charge in [0.1, 0.15) is 0 Å². The zero-order valence-corrected chi connectivity index (χ0v) is 12.7. The minimum Gasteiger partial charge on any atom is -0.395 e. The summed E-state index contributed by atoms with van der Waals surface area (Å²) in [6.45, 7) is 1.27. The molecule has 0 aliphatic carbocycles. The largest absolute Gasteiger partial charge is 0.395 e. The highest BCUT2D eigenvalue weighted by atomic mass is 79.9. The van der Waals surface area contributed by atoms with E-state index >= 15 is 0 Å². The summed E-state index contributed by atoms with van der Waals surface area (Å²) < 4.78 is 11.2. The Labute approximate surface area is 122 Å². The molecule has 0 fully saturated rings. The van der Waals surface area contributed by atoms with Crippen molar-refractivity contribution in [3.8, 4) is 0 Å². The average Bonchev–Trinajstić information content (AvgIpc) is 2.44. The van der Waals surface area contributed by atoms with Crippen LogP contribution >= 0.6 is 15.9 Å². The molecule has 5 heteroatoms. The van der Waals surface area contributed by atoms with E-state index in [1.165, 1.54) is 0 Å². The highest BCUT2D eigenvalue weighted by Gasteiger charge is 2.32. The van der Waals surface area contributed by atoms with E-state index in [4.69, 9.17) is 9.47 Å². The second-order valence-electron chi connectivity index (χ2n) is 4.43. The molecule has 1 aromatic carbocycles. The molecule has 0 atom stereocenters. The Morgan fingerprint density at radius 3 is 2.37 bits per heavy atom. The van der Waals surface area contributed by atoms with Crippen LogP contribution in [-0.4, -0.2) is 50.4 Å². The summed E-state index contributed by atoms with van der Waals surface area (Å²) in [6, 6.07) is 7.61. The van der Waals surface area contributed by atoms with Gasteiger partial charge in [-0.3, -0.25) is 0 Å². The van der Waals surface area contributed by atoms with E-state index in [2.05, 4.69) is 15.9 Å². The van der Waals surface area contributed by atoms with Crippen LogP contribution in [0.1, 0.15) is 12.0 Å². The number of rotatable bonds is 9. The molecule has 1 rings (SSSR count). The maximum Gasteiger partial charge on any atom is 0.0700 e. The Hall–Kier alpha value is -0.460. The molecule has 0 aliphatic rings. The number of aliphatic hydroxyl groups excluding tert-OH is 2. The van der Waals surface area contributed by atoms with Crippen LogP contribution in [0.15, 0.2) is 28.7 Å². The summed E-state index contributed by atoms with van der Waals surface area (Å²) in [4.78, 5) is 0. The first-order valence-corrected chi connectivity index (χ1v) is 7.03. The van der Waals surface area contributed by atoms with E-state index in [0.717, 1.165) is 10.0 Å². The number of hydrogen-bond acceptors (Lipinski definition) is 4. The zero-order valence-electron chi connectivity index (χ0n) is 11.1. The number of aliphatic hydroxyl groups is 2. The lowest BCUT2D eigenvalue weighted by atomic mass is 9.79. The topological polar surface area (TPSA) is 58.9 Å². The van der Waals surface area contributed by atoms with Gasteiger partial charge >= 0.3 is 0 Å². The van der Waals surface area contributed by atoms with E-state index in [0.29, 0.717) is 26.2 Å². The molecule has 0 saturated heterocycles. The molecule has 0 unspecified atom stereocenters. The van der Waals surface area contributed by atoms with Gasteiger partial charge in [-0.2, -0.15) is 0 Å². The van der Waals surface area contributed by atoms with Crippen molar-refractivity contribution in [2.24, 2.45) is 0 Å². The van der Waals surface area contributed by atoms with E-state index < -0.39 is 5.41 Å². The summed E-state index contributed by atoms with van der Waals surface area (Å²) in [5.41, 5.74) is 0.211. The lowest BCUT2D eigenvalue weighted by molar-refractivity contribution is 0.0389. The molecule has 0 bridgehead atoms. The number of halogens is 1. The van der Waals surface area contributed by atoms with Gasteiger partial charge in [0.15, 0.2) is 0 Å². The standard InChI is InChI=1S/C14H21BrO4/c1-18-8-9-19-7-6-14(10-16,11-17)12-4-2-3-5-13(12)15/h2-5,16-17H,6-11H2,1H3. The molecule has 4 nitrogen and oxygen atoms in total. The quantitative estimate of drug-likeness (QED) is 0.676. The van der Waals surface area contributed by atoms with Crippen LogP contribution in [-0.2, 0) is 14.9 Å². The third-order valence-electron chi connectivity index (χ3n) is 3.21. The monoisotopic (exact) mass is 332 g/mol. The summed E-state index contributed by atoms with van der Waals surface area (Å²) in [6.07, 6.45) is 0.548. The molecule has 0 radical (unpaired) electrons. The van der Waals surface area contributed by atoms with Gasteiger partial charge < -0.3 is 19.7 Å². The fourth-order valence-corrected chi connectivity index (χ4v) is 2.62. The van der Waals surface area contributed by atoms with Gasteiger partial charge in [-0.05, 0) is 18.1 Å². The van der Waals surface area contributed by atoms with Crippen LogP contribution in [0.5, 0.6) is 0 Å². The molecule has 0 aliphatic heterocycles. The molecule has 108 valence electrons. The van der Waals surface area contributed by atoms with Crippen molar-refractivity contribution in [2.45, 2.75) is 11.8 Å². The maximum absolute atomic E-state index is 9.70. The normalized spacial score (nSPS) is 11.8. The van der Waals surface area contributed by atoms with E-state index in [1.807, 2.05) is 24.3 Å². The Balaban J connectivity index is 2.71. The number of methoxy groups -OCH3 is 1. The lowest BCUT2D eigenvalue weighted by Gasteiger charge is -2.31. The molecule has 0 saturated carbocycles. The van der Waals surface area contributed by atoms with Gasteiger partial charge in [-0.25, -0.2) is 0 Å². The van der Waals surface area contributed by atoms with Crippen molar-refractivity contribution in [1.82, 2.24) is 0 Å². The van der Waals surface area contributed by atoms with Gasteiger partial charge in [-0.15, -0.1) is 0 Å². The SMILES string of the molecule is COCCOCCC(CO)(CO)c1ccccc1Br. The Kier molecular flexibility index (Phi) is 7.56. The lowest BCUT2D eigenvalue weighted by Crippen LogP contribution is -2.36. The van der Waals surface area contributed by atoms with E-state index in [1.54, 1.807) is 7.11 Å². The van der Waals surface area contributed by atoms with Crippen LogP contribution in [0.25, 0.3) is 0 Å². The average molecular weight is 333 g/mol. The Bertz CT molecular complexity index is 366. The molecule has 0 amide bonds. The van der Waals surface area contributed by atoms with E-state index in [-0.39, 0.29) is 13.2 Å². The second-order valence-corrected chi connectivity index (χ2v) is 5.29. The van der Waals surface area contributed by atoms with Gasteiger partial charge in [-0.1, -0.05) is 34.1 Å². The van der Waals surface area contributed by atoms with Crippen LogP contribution in [0.3, 0.4) is 0 Å². The molecule has 1 aromatic rings. The smallest absolute Gasteiger partial charge is 0.0700 e. The molecule has 19 heavy (non-hydrogen) atoms. The zero-order chi connectivity index (χ0) is 14.1. The molecule has 0 heterocycles. The molecule has 2 N–H and O–H groups in total. The summed E-state index contributed by atoms with van der Waals surface area (Å²) in [7, 11) is 1.62. The number of hydrogen-bond donors (Lipinski definition) is 2. The summed E-state index contributed by atoms with van der Waals surface area (Å²) in [5.74, 6) is 0. The maximum atomic E-state index is 9.70. The van der Waals surface area contributed by atoms with E-state index in [9.17, 15) is 10.2 Å². The predicted molar refractivity (Wildman–Crippen MR) is 77.3 cm³/mol. The first-order valence-electron chi connectivity index (χ1n) is 6.23. The highest BCUT2D eigenvalue weighted by Crippen LogP contribution is 2.33. The number of benzene rings is 1. The molecular weight excluding hydrogens is 312 g/mol. The molecule has 0 spiro atoms. The van der Waals surface area contributed by atoms with Crippen molar-refractivity contribution < 1.29 is 19.7 Å². The van der Waals surface area contributed by atoms with Gasteiger partial charge in [0.2, 0.25) is 0 Å². The first-order chi connectivity index (χ1) is 9.20. The third-order valence-corrected chi connectivity index (χ3v) is 3.90. The van der Waals surface area contributed by atoms with Crippen LogP contribution in [0, 0.1) is 0 Å². The fourth-order valence-electron chi connectivity index (χ4n) is 1.92. The van der Waals surface area contributed by atoms with Crippen LogP contribution in [0.2, 0.25) is 0 Å².